The van der Waals surface area contributed by atoms with Gasteiger partial charge in [0.25, 0.3) is 0 Å². The molecule has 5 N–H and O–H groups in total. The van der Waals surface area contributed by atoms with Crippen LogP contribution < -0.4 is 11.1 Å². The summed E-state index contributed by atoms with van der Waals surface area (Å²) in [6.07, 6.45) is 0.617. The average Bonchev–Trinajstić information content (AvgIpc) is 1.97. The predicted octanol–water partition coefficient (Wildman–Crippen LogP) is -1.63. The zero-order valence-corrected chi connectivity index (χ0v) is 6.29. The lowest BCUT2D eigenvalue weighted by Crippen LogP contribution is -2.40. The number of carboxylic acid groups (broad SMARTS) is 1. The Morgan fingerprint density at radius 3 is 2.73 bits per heavy atom. The normalized spacial score (nSPS) is 12.9. The van der Waals surface area contributed by atoms with Gasteiger partial charge in [-0.3, -0.25) is 4.79 Å². The van der Waals surface area contributed by atoms with Crippen LogP contribution in [-0.2, 0) is 4.79 Å². The molecule has 0 rings (SSSR count). The van der Waals surface area contributed by atoms with Gasteiger partial charge in [-0.05, 0) is 13.0 Å². The third-order valence-corrected chi connectivity index (χ3v) is 1.19. The lowest BCUT2D eigenvalue weighted by molar-refractivity contribution is -0.138. The molecule has 5 heteroatoms. The molecule has 0 aromatic rings. The Balaban J connectivity index is 3.17. The molecule has 0 aromatic carbocycles. The number of aliphatic hydroxyl groups excluding tert-OH is 1. The molecular weight excluding hydrogens is 148 g/mol. The second kappa shape index (κ2) is 6.09. The van der Waals surface area contributed by atoms with Crippen molar-refractivity contribution in [3.05, 3.63) is 0 Å². The third kappa shape index (κ3) is 5.78. The van der Waals surface area contributed by atoms with Crippen LogP contribution in [0.4, 0.5) is 0 Å². The van der Waals surface area contributed by atoms with E-state index in [1.165, 1.54) is 0 Å². The van der Waals surface area contributed by atoms with Gasteiger partial charge < -0.3 is 21.3 Å². The van der Waals surface area contributed by atoms with Crippen molar-refractivity contribution >= 4 is 5.97 Å². The minimum absolute atomic E-state index is 0.106. The second-order valence-electron chi connectivity index (χ2n) is 2.23. The van der Waals surface area contributed by atoms with Crippen molar-refractivity contribution in [1.29, 1.82) is 0 Å². The van der Waals surface area contributed by atoms with Crippen molar-refractivity contribution in [3.63, 3.8) is 0 Å². The summed E-state index contributed by atoms with van der Waals surface area (Å²) in [6.45, 7) is 0.947. The molecule has 0 aliphatic heterocycles. The topological polar surface area (TPSA) is 95.6 Å². The summed E-state index contributed by atoms with van der Waals surface area (Å²) in [5.74, 6) is -1.01. The van der Waals surface area contributed by atoms with Crippen LogP contribution in [0.3, 0.4) is 0 Å². The Morgan fingerprint density at radius 2 is 2.27 bits per heavy atom. The van der Waals surface area contributed by atoms with E-state index < -0.39 is 12.0 Å². The fourth-order valence-corrected chi connectivity index (χ4v) is 0.549. The number of aliphatic carboxylic acids is 1. The highest BCUT2D eigenvalue weighted by molar-refractivity contribution is 5.73. The fraction of sp³-hybridized carbons (Fsp3) is 0.833. The Morgan fingerprint density at radius 1 is 1.64 bits per heavy atom. The van der Waals surface area contributed by atoms with Crippen LogP contribution in [0.25, 0.3) is 0 Å². The summed E-state index contributed by atoms with van der Waals surface area (Å²) in [6, 6.07) is -0.853. The summed E-state index contributed by atoms with van der Waals surface area (Å²) >= 11 is 0. The molecule has 0 amide bonds. The van der Waals surface area contributed by atoms with E-state index in [1.54, 1.807) is 0 Å². The number of carbonyl (C=O) groups is 1. The zero-order chi connectivity index (χ0) is 8.69. The Bertz CT molecular complexity index is 118. The molecule has 0 radical (unpaired) electrons. The summed E-state index contributed by atoms with van der Waals surface area (Å²) in [5, 5.41) is 19.5. The molecular formula is C6H14N2O3. The molecule has 0 fully saturated rings. The standard InChI is InChI=1S/C6H14N2O3/c7-5(6(10)11)4-8-2-1-3-9/h5,8-9H,1-4,7H2,(H,10,11). The molecule has 0 saturated heterocycles. The van der Waals surface area contributed by atoms with Crippen molar-refractivity contribution in [1.82, 2.24) is 5.32 Å². The first-order valence-electron chi connectivity index (χ1n) is 3.48. The van der Waals surface area contributed by atoms with E-state index in [2.05, 4.69) is 5.32 Å². The molecule has 1 atom stereocenters. The fourth-order valence-electron chi connectivity index (χ4n) is 0.549. The Hall–Kier alpha value is -0.650. The molecule has 66 valence electrons. The number of nitrogens with two attached hydrogens (primary N) is 1. The van der Waals surface area contributed by atoms with Crippen LogP contribution in [0.15, 0.2) is 0 Å². The molecule has 0 bridgehead atoms. The minimum atomic E-state index is -1.01. The first-order valence-corrected chi connectivity index (χ1v) is 3.48. The highest BCUT2D eigenvalue weighted by Gasteiger charge is 2.09. The number of hydrogen-bond donors (Lipinski definition) is 4. The monoisotopic (exact) mass is 162 g/mol. The SMILES string of the molecule is NC(CNCCCO)C(=O)O. The van der Waals surface area contributed by atoms with Gasteiger partial charge in [-0.15, -0.1) is 0 Å². The van der Waals surface area contributed by atoms with Gasteiger partial charge in [-0.1, -0.05) is 0 Å². The third-order valence-electron chi connectivity index (χ3n) is 1.19. The summed E-state index contributed by atoms with van der Waals surface area (Å²) in [5.41, 5.74) is 5.17. The van der Waals surface area contributed by atoms with Crippen LogP contribution in [-0.4, -0.2) is 41.9 Å². The summed E-state index contributed by atoms with van der Waals surface area (Å²) in [4.78, 5) is 10.1. The first-order chi connectivity index (χ1) is 5.18. The lowest BCUT2D eigenvalue weighted by Gasteiger charge is -2.06. The number of aliphatic hydroxyl groups is 1. The van der Waals surface area contributed by atoms with Crippen LogP contribution in [0.2, 0.25) is 0 Å². The van der Waals surface area contributed by atoms with E-state index in [1.807, 2.05) is 0 Å². The van der Waals surface area contributed by atoms with Gasteiger partial charge in [0.1, 0.15) is 6.04 Å². The van der Waals surface area contributed by atoms with Gasteiger partial charge in [0.2, 0.25) is 0 Å². The van der Waals surface area contributed by atoms with Crippen molar-refractivity contribution in [2.75, 3.05) is 19.7 Å². The van der Waals surface area contributed by atoms with Crippen molar-refractivity contribution in [2.24, 2.45) is 5.73 Å². The predicted molar refractivity (Wildman–Crippen MR) is 40.2 cm³/mol. The molecule has 1 unspecified atom stereocenters. The van der Waals surface area contributed by atoms with Gasteiger partial charge >= 0.3 is 5.97 Å². The number of hydrogen-bond acceptors (Lipinski definition) is 4. The van der Waals surface area contributed by atoms with Crippen molar-refractivity contribution in [2.45, 2.75) is 12.5 Å². The van der Waals surface area contributed by atoms with Gasteiger partial charge in [0.15, 0.2) is 0 Å². The molecule has 0 saturated carbocycles. The maximum Gasteiger partial charge on any atom is 0.321 e. The van der Waals surface area contributed by atoms with E-state index in [0.717, 1.165) is 0 Å². The van der Waals surface area contributed by atoms with Gasteiger partial charge in [0, 0.05) is 13.2 Å². The molecule has 11 heavy (non-hydrogen) atoms. The number of nitrogens with one attached hydrogen (secondary N) is 1. The smallest absolute Gasteiger partial charge is 0.321 e. The van der Waals surface area contributed by atoms with Crippen molar-refractivity contribution < 1.29 is 15.0 Å². The molecule has 0 spiro atoms. The molecule has 0 aliphatic rings. The van der Waals surface area contributed by atoms with E-state index in [4.69, 9.17) is 15.9 Å². The summed E-state index contributed by atoms with van der Waals surface area (Å²) in [7, 11) is 0. The number of rotatable bonds is 6. The highest BCUT2D eigenvalue weighted by atomic mass is 16.4. The first kappa shape index (κ1) is 10.3. The largest absolute Gasteiger partial charge is 0.480 e. The Labute approximate surface area is 65.2 Å². The Kier molecular flexibility index (Phi) is 5.73. The maximum atomic E-state index is 10.1. The quantitative estimate of drug-likeness (QED) is 0.352. The van der Waals surface area contributed by atoms with E-state index in [-0.39, 0.29) is 13.2 Å². The maximum absolute atomic E-state index is 10.1. The highest BCUT2D eigenvalue weighted by Crippen LogP contribution is 1.76. The van der Waals surface area contributed by atoms with Crippen LogP contribution in [0.5, 0.6) is 0 Å². The molecule has 5 nitrogen and oxygen atoms in total. The second-order valence-corrected chi connectivity index (χ2v) is 2.23. The van der Waals surface area contributed by atoms with Crippen LogP contribution in [0.1, 0.15) is 6.42 Å². The zero-order valence-electron chi connectivity index (χ0n) is 6.29. The van der Waals surface area contributed by atoms with Gasteiger partial charge in [-0.25, -0.2) is 0 Å². The average molecular weight is 162 g/mol. The molecule has 0 heterocycles. The lowest BCUT2D eigenvalue weighted by atomic mass is 10.3. The molecule has 0 aliphatic carbocycles. The van der Waals surface area contributed by atoms with Gasteiger partial charge in [-0.2, -0.15) is 0 Å². The van der Waals surface area contributed by atoms with E-state index in [9.17, 15) is 4.79 Å². The van der Waals surface area contributed by atoms with Gasteiger partial charge in [0.05, 0.1) is 0 Å². The van der Waals surface area contributed by atoms with Crippen molar-refractivity contribution in [3.8, 4) is 0 Å². The van der Waals surface area contributed by atoms with Crippen LogP contribution in [0, 0.1) is 0 Å². The van der Waals surface area contributed by atoms with Crippen LogP contribution >= 0.6 is 0 Å². The minimum Gasteiger partial charge on any atom is -0.480 e. The number of carboxylic acids is 1. The van der Waals surface area contributed by atoms with E-state index in [0.29, 0.717) is 13.0 Å². The molecule has 0 aromatic heterocycles. The van der Waals surface area contributed by atoms with E-state index >= 15 is 0 Å². The summed E-state index contributed by atoms with van der Waals surface area (Å²) < 4.78 is 0.